The molecule has 0 saturated heterocycles. The summed E-state index contributed by atoms with van der Waals surface area (Å²) in [5, 5.41) is 10.8. The summed E-state index contributed by atoms with van der Waals surface area (Å²) >= 11 is 0. The lowest BCUT2D eigenvalue weighted by Gasteiger charge is -2.03. The lowest BCUT2D eigenvalue weighted by Crippen LogP contribution is -2.28. The van der Waals surface area contributed by atoms with Crippen molar-refractivity contribution in [2.75, 3.05) is 6.54 Å². The van der Waals surface area contributed by atoms with Crippen LogP contribution in [0.25, 0.3) is 0 Å². The van der Waals surface area contributed by atoms with Crippen molar-refractivity contribution in [3.8, 4) is 0 Å². The van der Waals surface area contributed by atoms with Crippen molar-refractivity contribution in [1.29, 1.82) is 0 Å². The molecule has 0 unspecified atom stereocenters. The second-order valence-electron chi connectivity index (χ2n) is 5.46. The molecule has 0 aliphatic carbocycles. The molecule has 0 radical (unpaired) electrons. The standard InChI is InChI=1S/C16H31NO3/c1-2-3-4-5-6-7-8-9-10-11-12-13-15(18)17-14-16(19)20/h2-14H2,1H3,(H,17,18)(H,19,20). The van der Waals surface area contributed by atoms with E-state index in [1.54, 1.807) is 0 Å². The first-order valence-electron chi connectivity index (χ1n) is 8.15. The molecule has 0 saturated carbocycles. The minimum atomic E-state index is -0.989. The summed E-state index contributed by atoms with van der Waals surface area (Å²) in [6, 6.07) is 0. The molecule has 0 heterocycles. The van der Waals surface area contributed by atoms with Crippen LogP contribution in [-0.2, 0) is 9.59 Å². The SMILES string of the molecule is CCCCCCCCCCCCCC(=O)NCC(=O)O. The first-order chi connectivity index (χ1) is 9.66. The Hall–Kier alpha value is -1.06. The maximum atomic E-state index is 11.2. The van der Waals surface area contributed by atoms with Crippen molar-refractivity contribution in [3.63, 3.8) is 0 Å². The van der Waals surface area contributed by atoms with Crippen LogP contribution >= 0.6 is 0 Å². The highest BCUT2D eigenvalue weighted by Crippen LogP contribution is 2.11. The molecule has 118 valence electrons. The van der Waals surface area contributed by atoms with Crippen molar-refractivity contribution in [1.82, 2.24) is 5.32 Å². The van der Waals surface area contributed by atoms with E-state index >= 15 is 0 Å². The molecule has 0 fully saturated rings. The van der Waals surface area contributed by atoms with Crippen molar-refractivity contribution in [3.05, 3.63) is 0 Å². The number of carbonyl (C=O) groups excluding carboxylic acids is 1. The van der Waals surface area contributed by atoms with Crippen LogP contribution in [0.3, 0.4) is 0 Å². The van der Waals surface area contributed by atoms with Gasteiger partial charge in [0, 0.05) is 6.42 Å². The van der Waals surface area contributed by atoms with Gasteiger partial charge in [0.05, 0.1) is 0 Å². The average Bonchev–Trinajstić information content (AvgIpc) is 2.42. The minimum Gasteiger partial charge on any atom is -0.480 e. The van der Waals surface area contributed by atoms with Gasteiger partial charge in [0.15, 0.2) is 0 Å². The lowest BCUT2D eigenvalue weighted by molar-refractivity contribution is -0.137. The second-order valence-corrected chi connectivity index (χ2v) is 5.46. The molecule has 0 bridgehead atoms. The summed E-state index contributed by atoms with van der Waals surface area (Å²) in [7, 11) is 0. The van der Waals surface area contributed by atoms with Crippen molar-refractivity contribution in [2.24, 2.45) is 0 Å². The Kier molecular flexibility index (Phi) is 13.6. The van der Waals surface area contributed by atoms with Gasteiger partial charge in [-0.1, -0.05) is 71.1 Å². The molecule has 20 heavy (non-hydrogen) atoms. The average molecular weight is 285 g/mol. The zero-order valence-corrected chi connectivity index (χ0v) is 13.0. The summed E-state index contributed by atoms with van der Waals surface area (Å²) in [6.45, 7) is 1.97. The van der Waals surface area contributed by atoms with E-state index < -0.39 is 5.97 Å². The predicted octanol–water partition coefficient (Wildman–Crippen LogP) is 3.89. The topological polar surface area (TPSA) is 66.4 Å². The minimum absolute atomic E-state index is 0.150. The monoisotopic (exact) mass is 285 g/mol. The summed E-state index contributed by atoms with van der Waals surface area (Å²) in [5.41, 5.74) is 0. The molecule has 0 spiro atoms. The van der Waals surface area contributed by atoms with Gasteiger partial charge < -0.3 is 10.4 Å². The molecule has 0 aliphatic heterocycles. The Morgan fingerprint density at radius 1 is 0.800 bits per heavy atom. The van der Waals surface area contributed by atoms with Crippen LogP contribution in [0.2, 0.25) is 0 Å². The quantitative estimate of drug-likeness (QED) is 0.476. The van der Waals surface area contributed by atoms with Gasteiger partial charge in [0.2, 0.25) is 5.91 Å². The molecular formula is C16H31NO3. The van der Waals surface area contributed by atoms with E-state index in [0.29, 0.717) is 6.42 Å². The Labute approximate surface area is 123 Å². The van der Waals surface area contributed by atoms with Gasteiger partial charge in [-0.2, -0.15) is 0 Å². The molecule has 0 rings (SSSR count). The molecule has 2 N–H and O–H groups in total. The van der Waals surface area contributed by atoms with Gasteiger partial charge >= 0.3 is 5.97 Å². The Balaban J connectivity index is 3.12. The van der Waals surface area contributed by atoms with Crippen LogP contribution in [0.15, 0.2) is 0 Å². The normalized spacial score (nSPS) is 10.4. The molecule has 0 aromatic heterocycles. The number of carboxylic acid groups (broad SMARTS) is 1. The van der Waals surface area contributed by atoms with Gasteiger partial charge in [-0.15, -0.1) is 0 Å². The van der Waals surface area contributed by atoms with Crippen LogP contribution in [0.4, 0.5) is 0 Å². The van der Waals surface area contributed by atoms with Crippen LogP contribution in [0, 0.1) is 0 Å². The molecule has 4 heteroatoms. The van der Waals surface area contributed by atoms with Crippen LogP contribution < -0.4 is 5.32 Å². The molecule has 0 atom stereocenters. The zero-order valence-electron chi connectivity index (χ0n) is 13.0. The van der Waals surface area contributed by atoms with E-state index in [-0.39, 0.29) is 12.5 Å². The highest BCUT2D eigenvalue weighted by molar-refractivity contribution is 5.80. The number of amides is 1. The second kappa shape index (κ2) is 14.4. The number of carbonyl (C=O) groups is 2. The fourth-order valence-corrected chi connectivity index (χ4v) is 2.21. The number of rotatable bonds is 14. The van der Waals surface area contributed by atoms with Crippen molar-refractivity contribution < 1.29 is 14.7 Å². The van der Waals surface area contributed by atoms with E-state index in [1.807, 2.05) is 0 Å². The predicted molar refractivity (Wildman–Crippen MR) is 81.7 cm³/mol. The summed E-state index contributed by atoms with van der Waals surface area (Å²) in [4.78, 5) is 21.5. The highest BCUT2D eigenvalue weighted by Gasteiger charge is 2.03. The van der Waals surface area contributed by atoms with E-state index in [9.17, 15) is 9.59 Å². The first-order valence-corrected chi connectivity index (χ1v) is 8.15. The van der Waals surface area contributed by atoms with E-state index in [4.69, 9.17) is 5.11 Å². The maximum absolute atomic E-state index is 11.2. The molecule has 0 aliphatic rings. The van der Waals surface area contributed by atoms with Crippen LogP contribution in [0.1, 0.15) is 84.0 Å². The summed E-state index contributed by atoms with van der Waals surface area (Å²) in [5.74, 6) is -1.14. The maximum Gasteiger partial charge on any atom is 0.322 e. The largest absolute Gasteiger partial charge is 0.480 e. The molecule has 4 nitrogen and oxygen atoms in total. The number of hydrogen-bond donors (Lipinski definition) is 2. The van der Waals surface area contributed by atoms with Crippen molar-refractivity contribution in [2.45, 2.75) is 84.0 Å². The van der Waals surface area contributed by atoms with E-state index in [0.717, 1.165) is 12.8 Å². The molecule has 0 aromatic rings. The van der Waals surface area contributed by atoms with E-state index in [1.165, 1.54) is 57.8 Å². The molecular weight excluding hydrogens is 254 g/mol. The lowest BCUT2D eigenvalue weighted by atomic mass is 10.1. The van der Waals surface area contributed by atoms with E-state index in [2.05, 4.69) is 12.2 Å². The number of unbranched alkanes of at least 4 members (excludes halogenated alkanes) is 10. The molecule has 0 aromatic carbocycles. The third-order valence-corrected chi connectivity index (χ3v) is 3.44. The Morgan fingerprint density at radius 2 is 1.25 bits per heavy atom. The van der Waals surface area contributed by atoms with Gasteiger partial charge in [0.25, 0.3) is 0 Å². The number of nitrogens with one attached hydrogen (secondary N) is 1. The summed E-state index contributed by atoms with van der Waals surface area (Å²) in [6.07, 6.45) is 14.2. The zero-order chi connectivity index (χ0) is 15.1. The Morgan fingerprint density at radius 3 is 1.70 bits per heavy atom. The van der Waals surface area contributed by atoms with Crippen molar-refractivity contribution >= 4 is 11.9 Å². The Bertz CT molecular complexity index is 254. The van der Waals surface area contributed by atoms with Gasteiger partial charge in [-0.25, -0.2) is 0 Å². The number of carboxylic acids is 1. The van der Waals surface area contributed by atoms with Crippen LogP contribution in [0.5, 0.6) is 0 Å². The smallest absolute Gasteiger partial charge is 0.322 e. The van der Waals surface area contributed by atoms with Gasteiger partial charge in [0.1, 0.15) is 6.54 Å². The summed E-state index contributed by atoms with van der Waals surface area (Å²) < 4.78 is 0. The van der Waals surface area contributed by atoms with Crippen LogP contribution in [-0.4, -0.2) is 23.5 Å². The van der Waals surface area contributed by atoms with Gasteiger partial charge in [-0.3, -0.25) is 9.59 Å². The third-order valence-electron chi connectivity index (χ3n) is 3.44. The fourth-order valence-electron chi connectivity index (χ4n) is 2.21. The number of aliphatic carboxylic acids is 1. The number of hydrogen-bond acceptors (Lipinski definition) is 2. The third kappa shape index (κ3) is 15.0. The molecule has 1 amide bonds. The van der Waals surface area contributed by atoms with Gasteiger partial charge in [-0.05, 0) is 6.42 Å². The highest BCUT2D eigenvalue weighted by atomic mass is 16.4. The first kappa shape index (κ1) is 18.9. The fraction of sp³-hybridized carbons (Fsp3) is 0.875.